The molecule has 0 saturated carbocycles. The Labute approximate surface area is 117 Å². The third-order valence-corrected chi connectivity index (χ3v) is 3.26. The first kappa shape index (κ1) is 15.8. The first-order valence-electron chi connectivity index (χ1n) is 5.97. The number of hydrogen-bond acceptors (Lipinski definition) is 4. The van der Waals surface area contributed by atoms with Crippen LogP contribution in [0.3, 0.4) is 0 Å². The summed E-state index contributed by atoms with van der Waals surface area (Å²) in [4.78, 5) is 12.5. The Morgan fingerprint density at radius 2 is 2.05 bits per heavy atom. The maximum absolute atomic E-state index is 13.2. The van der Waals surface area contributed by atoms with Gasteiger partial charge in [0.05, 0.1) is 4.92 Å². The second kappa shape index (κ2) is 6.79. The number of nitrogens with two attached hydrogens (primary N) is 1. The second-order valence-corrected chi connectivity index (χ2v) is 4.64. The van der Waals surface area contributed by atoms with Gasteiger partial charge < -0.3 is 5.73 Å². The zero-order valence-electron chi connectivity index (χ0n) is 10.4. The highest BCUT2D eigenvalue weighted by molar-refractivity contribution is 5.85. The molecule has 1 aliphatic rings. The minimum absolute atomic E-state index is 0. The third kappa shape index (κ3) is 4.12. The van der Waals surface area contributed by atoms with Gasteiger partial charge >= 0.3 is 0 Å². The lowest BCUT2D eigenvalue weighted by Gasteiger charge is -2.29. The highest BCUT2D eigenvalue weighted by atomic mass is 35.5. The molecule has 1 aliphatic heterocycles. The van der Waals surface area contributed by atoms with E-state index in [4.69, 9.17) is 5.73 Å². The van der Waals surface area contributed by atoms with Gasteiger partial charge in [-0.3, -0.25) is 15.0 Å². The molecule has 0 amide bonds. The number of piperidine rings is 1. The van der Waals surface area contributed by atoms with Crippen LogP contribution in [0.4, 0.5) is 10.1 Å². The van der Waals surface area contributed by atoms with Gasteiger partial charge in [0.25, 0.3) is 5.69 Å². The first-order chi connectivity index (χ1) is 8.56. The Morgan fingerprint density at radius 1 is 1.42 bits per heavy atom. The van der Waals surface area contributed by atoms with Gasteiger partial charge in [-0.25, -0.2) is 4.39 Å². The minimum Gasteiger partial charge on any atom is -0.328 e. The maximum atomic E-state index is 13.2. The molecule has 7 heteroatoms. The van der Waals surface area contributed by atoms with E-state index >= 15 is 0 Å². The zero-order valence-corrected chi connectivity index (χ0v) is 11.2. The summed E-state index contributed by atoms with van der Waals surface area (Å²) in [5, 5.41) is 10.9. The van der Waals surface area contributed by atoms with Gasteiger partial charge in [0.15, 0.2) is 0 Å². The molecule has 0 spiro atoms. The second-order valence-electron chi connectivity index (χ2n) is 4.64. The Hall–Kier alpha value is -1.24. The first-order valence-corrected chi connectivity index (χ1v) is 5.97. The average molecular weight is 290 g/mol. The van der Waals surface area contributed by atoms with E-state index in [1.54, 1.807) is 0 Å². The summed E-state index contributed by atoms with van der Waals surface area (Å²) in [6.45, 7) is 2.00. The molecule has 1 saturated heterocycles. The number of nitrogens with zero attached hydrogens (tertiary/aromatic N) is 2. The van der Waals surface area contributed by atoms with Crippen LogP contribution < -0.4 is 5.73 Å². The topological polar surface area (TPSA) is 72.4 Å². The van der Waals surface area contributed by atoms with Crippen LogP contribution in [0.15, 0.2) is 18.2 Å². The molecule has 0 radical (unpaired) electrons. The molecular weight excluding hydrogens is 273 g/mol. The standard InChI is InChI=1S/C12H16FN3O2.ClH/c13-10-1-2-12(16(17)18)9(7-10)8-15-5-3-11(14)4-6-15;/h1-2,7,11H,3-6,8,14H2;1H. The zero-order chi connectivity index (χ0) is 13.1. The van der Waals surface area contributed by atoms with Crippen molar-refractivity contribution in [1.29, 1.82) is 0 Å². The number of rotatable bonds is 3. The molecule has 0 atom stereocenters. The lowest BCUT2D eigenvalue weighted by molar-refractivity contribution is -0.385. The normalized spacial score (nSPS) is 16.9. The van der Waals surface area contributed by atoms with Crippen LogP contribution in [0, 0.1) is 15.9 Å². The van der Waals surface area contributed by atoms with Crippen molar-refractivity contribution in [3.8, 4) is 0 Å². The molecule has 2 N–H and O–H groups in total. The molecule has 1 heterocycles. The van der Waals surface area contributed by atoms with Crippen LogP contribution in [0.5, 0.6) is 0 Å². The summed E-state index contributed by atoms with van der Waals surface area (Å²) in [6, 6.07) is 3.80. The molecule has 0 aliphatic carbocycles. The highest BCUT2D eigenvalue weighted by Crippen LogP contribution is 2.22. The SMILES string of the molecule is Cl.NC1CCN(Cc2cc(F)ccc2[N+](=O)[O-])CC1. The number of halogens is 2. The summed E-state index contributed by atoms with van der Waals surface area (Å²) in [5.74, 6) is -0.440. The molecule has 0 unspecified atom stereocenters. The number of nitro groups is 1. The quantitative estimate of drug-likeness (QED) is 0.683. The van der Waals surface area contributed by atoms with Crippen molar-refractivity contribution in [2.24, 2.45) is 5.73 Å². The van der Waals surface area contributed by atoms with Crippen molar-refractivity contribution in [3.05, 3.63) is 39.7 Å². The van der Waals surface area contributed by atoms with E-state index < -0.39 is 10.7 Å². The summed E-state index contributed by atoms with van der Waals surface area (Å²) < 4.78 is 13.2. The fourth-order valence-corrected chi connectivity index (χ4v) is 2.21. The predicted molar refractivity (Wildman–Crippen MR) is 72.8 cm³/mol. The van der Waals surface area contributed by atoms with E-state index in [2.05, 4.69) is 4.90 Å². The summed E-state index contributed by atoms with van der Waals surface area (Å²) in [7, 11) is 0. The van der Waals surface area contributed by atoms with Gasteiger partial charge in [0.1, 0.15) is 5.82 Å². The lowest BCUT2D eigenvalue weighted by Crippen LogP contribution is -2.39. The van der Waals surface area contributed by atoms with Crippen molar-refractivity contribution >= 4 is 18.1 Å². The van der Waals surface area contributed by atoms with Gasteiger partial charge in [-0.05, 0) is 38.1 Å². The van der Waals surface area contributed by atoms with Gasteiger partial charge in [-0.2, -0.15) is 0 Å². The Kier molecular flexibility index (Phi) is 5.65. The number of benzene rings is 1. The minimum atomic E-state index is -0.468. The largest absolute Gasteiger partial charge is 0.328 e. The van der Waals surface area contributed by atoms with E-state index in [1.165, 1.54) is 12.1 Å². The molecule has 2 rings (SSSR count). The number of nitro benzene ring substituents is 1. The molecule has 1 aromatic rings. The van der Waals surface area contributed by atoms with Crippen molar-refractivity contribution in [2.75, 3.05) is 13.1 Å². The van der Waals surface area contributed by atoms with Crippen molar-refractivity contribution in [2.45, 2.75) is 25.4 Å². The van der Waals surface area contributed by atoms with Gasteiger partial charge in [0, 0.05) is 24.2 Å². The fraction of sp³-hybridized carbons (Fsp3) is 0.500. The van der Waals surface area contributed by atoms with Crippen molar-refractivity contribution < 1.29 is 9.31 Å². The van der Waals surface area contributed by atoms with Crippen LogP contribution >= 0.6 is 12.4 Å². The van der Waals surface area contributed by atoms with E-state index in [-0.39, 0.29) is 24.1 Å². The van der Waals surface area contributed by atoms with Crippen LogP contribution in [0.2, 0.25) is 0 Å². The average Bonchev–Trinajstić information content (AvgIpc) is 2.32. The van der Waals surface area contributed by atoms with Gasteiger partial charge in [0.2, 0.25) is 0 Å². The van der Waals surface area contributed by atoms with Crippen LogP contribution in [0.25, 0.3) is 0 Å². The van der Waals surface area contributed by atoms with Crippen LogP contribution in [0.1, 0.15) is 18.4 Å². The number of hydrogen-bond donors (Lipinski definition) is 1. The number of likely N-dealkylation sites (tertiary alicyclic amines) is 1. The van der Waals surface area contributed by atoms with Crippen LogP contribution in [-0.4, -0.2) is 29.0 Å². The Bertz CT molecular complexity index is 451. The van der Waals surface area contributed by atoms with Crippen molar-refractivity contribution in [3.63, 3.8) is 0 Å². The van der Waals surface area contributed by atoms with E-state index in [0.717, 1.165) is 32.0 Å². The molecule has 106 valence electrons. The predicted octanol–water partition coefficient (Wildman–Crippen LogP) is 2.08. The molecule has 0 bridgehead atoms. The molecule has 19 heavy (non-hydrogen) atoms. The maximum Gasteiger partial charge on any atom is 0.274 e. The summed E-state index contributed by atoms with van der Waals surface area (Å²) >= 11 is 0. The van der Waals surface area contributed by atoms with E-state index in [9.17, 15) is 14.5 Å². The molecule has 0 aromatic heterocycles. The Morgan fingerprint density at radius 3 is 2.63 bits per heavy atom. The smallest absolute Gasteiger partial charge is 0.274 e. The van der Waals surface area contributed by atoms with E-state index in [1.807, 2.05) is 0 Å². The Balaban J connectivity index is 0.00000180. The molecule has 1 aromatic carbocycles. The molecular formula is C12H17ClFN3O2. The molecule has 1 fully saturated rings. The monoisotopic (exact) mass is 289 g/mol. The van der Waals surface area contributed by atoms with Gasteiger partial charge in [-0.15, -0.1) is 12.4 Å². The fourth-order valence-electron chi connectivity index (χ4n) is 2.21. The van der Waals surface area contributed by atoms with Crippen LogP contribution in [-0.2, 0) is 6.54 Å². The van der Waals surface area contributed by atoms with Gasteiger partial charge in [-0.1, -0.05) is 0 Å². The summed E-state index contributed by atoms with van der Waals surface area (Å²) in [6.07, 6.45) is 1.76. The van der Waals surface area contributed by atoms with Crippen molar-refractivity contribution in [1.82, 2.24) is 4.90 Å². The summed E-state index contributed by atoms with van der Waals surface area (Å²) in [5.41, 5.74) is 6.20. The lowest BCUT2D eigenvalue weighted by atomic mass is 10.0. The molecule has 5 nitrogen and oxygen atoms in total. The third-order valence-electron chi connectivity index (χ3n) is 3.26. The highest BCUT2D eigenvalue weighted by Gasteiger charge is 2.20. The van der Waals surface area contributed by atoms with E-state index in [0.29, 0.717) is 12.1 Å².